The molecule has 1 heterocycles. The van der Waals surface area contributed by atoms with Gasteiger partial charge >= 0.3 is 0 Å². The summed E-state index contributed by atoms with van der Waals surface area (Å²) < 4.78 is 10.5. The molecule has 156 valence electrons. The van der Waals surface area contributed by atoms with Crippen LogP contribution in [0.2, 0.25) is 5.02 Å². The molecule has 8 heteroatoms. The lowest BCUT2D eigenvalue weighted by atomic mass is 10.2. The van der Waals surface area contributed by atoms with Crippen LogP contribution in [0.3, 0.4) is 0 Å². The first-order valence-electron chi connectivity index (χ1n) is 9.40. The van der Waals surface area contributed by atoms with E-state index in [-0.39, 0.29) is 5.82 Å². The highest BCUT2D eigenvalue weighted by Crippen LogP contribution is 2.30. The SMILES string of the molecule is COc1ccc(NC(=O)c2nc(Nc3ccc(Cl)cc3)c3ccccc3n2)cc1OC. The number of hydrogen-bond donors (Lipinski definition) is 2. The third kappa shape index (κ3) is 4.51. The number of ether oxygens (including phenoxy) is 2. The predicted molar refractivity (Wildman–Crippen MR) is 122 cm³/mol. The van der Waals surface area contributed by atoms with Crippen LogP contribution in [0.4, 0.5) is 17.2 Å². The Kier molecular flexibility index (Phi) is 5.86. The highest BCUT2D eigenvalue weighted by Gasteiger charge is 2.15. The van der Waals surface area contributed by atoms with E-state index in [9.17, 15) is 4.79 Å². The van der Waals surface area contributed by atoms with Crippen LogP contribution in [0.25, 0.3) is 10.9 Å². The summed E-state index contributed by atoms with van der Waals surface area (Å²) in [6, 6.07) is 19.8. The van der Waals surface area contributed by atoms with Crippen LogP contribution < -0.4 is 20.1 Å². The Morgan fingerprint density at radius 2 is 1.58 bits per heavy atom. The number of rotatable bonds is 6. The molecule has 3 aromatic carbocycles. The highest BCUT2D eigenvalue weighted by molar-refractivity contribution is 6.30. The number of carbonyl (C=O) groups excluding carboxylic acids is 1. The average Bonchev–Trinajstić information content (AvgIpc) is 2.80. The maximum absolute atomic E-state index is 12.9. The standard InChI is InChI=1S/C23H19ClN4O3/c1-30-19-12-11-16(13-20(19)31-2)26-23(29)22-27-18-6-4-3-5-17(18)21(28-22)25-15-9-7-14(24)8-10-15/h3-13H,1-2H3,(H,26,29)(H,25,27,28). The molecule has 0 aliphatic heterocycles. The minimum Gasteiger partial charge on any atom is -0.493 e. The Labute approximate surface area is 184 Å². The highest BCUT2D eigenvalue weighted by atomic mass is 35.5. The first kappa shape index (κ1) is 20.4. The fraction of sp³-hybridized carbons (Fsp3) is 0.0870. The van der Waals surface area contributed by atoms with Crippen molar-refractivity contribution in [2.75, 3.05) is 24.9 Å². The summed E-state index contributed by atoms with van der Waals surface area (Å²) in [7, 11) is 3.08. The van der Waals surface area contributed by atoms with Gasteiger partial charge in [-0.15, -0.1) is 0 Å². The van der Waals surface area contributed by atoms with Crippen molar-refractivity contribution in [2.45, 2.75) is 0 Å². The van der Waals surface area contributed by atoms with Gasteiger partial charge in [0.1, 0.15) is 5.82 Å². The van der Waals surface area contributed by atoms with Crippen LogP contribution >= 0.6 is 11.6 Å². The molecule has 4 rings (SSSR count). The fourth-order valence-electron chi connectivity index (χ4n) is 3.04. The summed E-state index contributed by atoms with van der Waals surface area (Å²) in [5, 5.41) is 7.47. The summed E-state index contributed by atoms with van der Waals surface area (Å²) in [5.74, 6) is 1.18. The van der Waals surface area contributed by atoms with Crippen LogP contribution in [0.5, 0.6) is 11.5 Å². The number of nitrogens with zero attached hydrogens (tertiary/aromatic N) is 2. The Hall–Kier alpha value is -3.84. The molecule has 4 aromatic rings. The Bertz CT molecular complexity index is 1250. The number of benzene rings is 3. The molecular formula is C23H19ClN4O3. The lowest BCUT2D eigenvalue weighted by Gasteiger charge is -2.12. The first-order valence-corrected chi connectivity index (χ1v) is 9.78. The predicted octanol–water partition coefficient (Wildman–Crippen LogP) is 5.30. The van der Waals surface area contributed by atoms with Gasteiger partial charge in [0.25, 0.3) is 5.91 Å². The molecule has 31 heavy (non-hydrogen) atoms. The second kappa shape index (κ2) is 8.89. The number of hydrogen-bond acceptors (Lipinski definition) is 6. The smallest absolute Gasteiger partial charge is 0.293 e. The minimum absolute atomic E-state index is 0.0324. The van der Waals surface area contributed by atoms with E-state index >= 15 is 0 Å². The van der Waals surface area contributed by atoms with Gasteiger partial charge in [-0.05, 0) is 48.5 Å². The van der Waals surface area contributed by atoms with E-state index in [0.717, 1.165) is 11.1 Å². The van der Waals surface area contributed by atoms with Gasteiger partial charge in [0, 0.05) is 27.8 Å². The van der Waals surface area contributed by atoms with E-state index in [2.05, 4.69) is 20.6 Å². The second-order valence-electron chi connectivity index (χ2n) is 6.57. The number of halogens is 1. The molecule has 0 saturated carbocycles. The number of nitrogens with one attached hydrogen (secondary N) is 2. The van der Waals surface area contributed by atoms with Crippen LogP contribution in [0.15, 0.2) is 66.7 Å². The lowest BCUT2D eigenvalue weighted by molar-refractivity contribution is 0.101. The van der Waals surface area contributed by atoms with Crippen molar-refractivity contribution < 1.29 is 14.3 Å². The molecule has 1 amide bonds. The Morgan fingerprint density at radius 1 is 0.871 bits per heavy atom. The zero-order valence-electron chi connectivity index (χ0n) is 16.8. The number of fused-ring (bicyclic) bond motifs is 1. The van der Waals surface area contributed by atoms with E-state index in [0.29, 0.717) is 33.5 Å². The molecule has 0 fully saturated rings. The van der Waals surface area contributed by atoms with Gasteiger partial charge in [-0.25, -0.2) is 9.97 Å². The van der Waals surface area contributed by atoms with Crippen LogP contribution in [0.1, 0.15) is 10.6 Å². The molecule has 0 bridgehead atoms. The van der Waals surface area contributed by atoms with Gasteiger partial charge in [-0.1, -0.05) is 23.7 Å². The Morgan fingerprint density at radius 3 is 2.32 bits per heavy atom. The topological polar surface area (TPSA) is 85.4 Å². The number of anilines is 3. The van der Waals surface area contributed by atoms with Crippen molar-refractivity contribution in [3.8, 4) is 11.5 Å². The maximum Gasteiger partial charge on any atom is 0.293 e. The number of aromatic nitrogens is 2. The summed E-state index contributed by atoms with van der Waals surface area (Å²) in [6.45, 7) is 0. The van der Waals surface area contributed by atoms with Gasteiger partial charge in [0.05, 0.1) is 19.7 Å². The van der Waals surface area contributed by atoms with Gasteiger partial charge in [0.15, 0.2) is 11.5 Å². The second-order valence-corrected chi connectivity index (χ2v) is 7.01. The van der Waals surface area contributed by atoms with Crippen molar-refractivity contribution in [3.63, 3.8) is 0 Å². The fourth-order valence-corrected chi connectivity index (χ4v) is 3.17. The molecular weight excluding hydrogens is 416 g/mol. The van der Waals surface area contributed by atoms with E-state index in [1.165, 1.54) is 7.11 Å². The summed E-state index contributed by atoms with van der Waals surface area (Å²) in [4.78, 5) is 21.8. The zero-order valence-corrected chi connectivity index (χ0v) is 17.6. The molecule has 1 aromatic heterocycles. The van der Waals surface area contributed by atoms with Crippen molar-refractivity contribution in [3.05, 3.63) is 77.6 Å². The van der Waals surface area contributed by atoms with Crippen LogP contribution in [-0.2, 0) is 0 Å². The van der Waals surface area contributed by atoms with Crippen LogP contribution in [-0.4, -0.2) is 30.1 Å². The monoisotopic (exact) mass is 434 g/mol. The molecule has 0 aliphatic rings. The molecule has 0 radical (unpaired) electrons. The molecule has 2 N–H and O–H groups in total. The number of para-hydroxylation sites is 1. The van der Waals surface area contributed by atoms with E-state index in [4.69, 9.17) is 21.1 Å². The van der Waals surface area contributed by atoms with Crippen molar-refractivity contribution in [2.24, 2.45) is 0 Å². The third-order valence-corrected chi connectivity index (χ3v) is 4.81. The number of methoxy groups -OCH3 is 2. The normalized spacial score (nSPS) is 10.5. The van der Waals surface area contributed by atoms with Gasteiger partial charge in [0.2, 0.25) is 5.82 Å². The van der Waals surface area contributed by atoms with Crippen LogP contribution in [0, 0.1) is 0 Å². The maximum atomic E-state index is 12.9. The zero-order chi connectivity index (χ0) is 21.8. The molecule has 0 spiro atoms. The van der Waals surface area contributed by atoms with Gasteiger partial charge < -0.3 is 20.1 Å². The molecule has 7 nitrogen and oxygen atoms in total. The van der Waals surface area contributed by atoms with E-state index in [1.807, 2.05) is 36.4 Å². The molecule has 0 aliphatic carbocycles. The van der Waals surface area contributed by atoms with Crippen molar-refractivity contribution >= 4 is 45.6 Å². The van der Waals surface area contributed by atoms with Crippen molar-refractivity contribution in [1.82, 2.24) is 9.97 Å². The number of amides is 1. The average molecular weight is 435 g/mol. The largest absolute Gasteiger partial charge is 0.493 e. The first-order chi connectivity index (χ1) is 15.1. The third-order valence-electron chi connectivity index (χ3n) is 4.55. The molecule has 0 atom stereocenters. The van der Waals surface area contributed by atoms with E-state index < -0.39 is 5.91 Å². The summed E-state index contributed by atoms with van der Waals surface area (Å²) in [6.07, 6.45) is 0. The quantitative estimate of drug-likeness (QED) is 0.428. The molecule has 0 unspecified atom stereocenters. The lowest BCUT2D eigenvalue weighted by Crippen LogP contribution is -2.16. The Balaban J connectivity index is 1.67. The van der Waals surface area contributed by atoms with E-state index in [1.54, 1.807) is 37.4 Å². The summed E-state index contributed by atoms with van der Waals surface area (Å²) in [5.41, 5.74) is 1.97. The number of carbonyl (C=O) groups is 1. The van der Waals surface area contributed by atoms with Gasteiger partial charge in [-0.3, -0.25) is 4.79 Å². The van der Waals surface area contributed by atoms with Gasteiger partial charge in [-0.2, -0.15) is 0 Å². The van der Waals surface area contributed by atoms with Crippen molar-refractivity contribution in [1.29, 1.82) is 0 Å². The molecule has 0 saturated heterocycles. The minimum atomic E-state index is -0.447. The summed E-state index contributed by atoms with van der Waals surface area (Å²) >= 11 is 5.97.